The Bertz CT molecular complexity index is 1690. The van der Waals surface area contributed by atoms with E-state index in [1.54, 1.807) is 6.20 Å². The maximum atomic E-state index is 15.7. The van der Waals surface area contributed by atoms with E-state index in [1.807, 2.05) is 36.4 Å². The molecule has 1 N–H and O–H groups in total. The fraction of sp³-hybridized carbons (Fsp3) is 0.457. The third-order valence-corrected chi connectivity index (χ3v) is 9.64. The highest BCUT2D eigenvalue weighted by Crippen LogP contribution is 2.39. The van der Waals surface area contributed by atoms with Crippen molar-refractivity contribution in [2.24, 2.45) is 5.92 Å². The highest BCUT2D eigenvalue weighted by Gasteiger charge is 2.31. The van der Waals surface area contributed by atoms with Crippen LogP contribution < -0.4 is 15.2 Å². The summed E-state index contributed by atoms with van der Waals surface area (Å²) in [4.78, 5) is 29.7. The molecule has 1 saturated carbocycles. The minimum Gasteiger partial charge on any atom is -0.396 e. The second kappa shape index (κ2) is 12.3. The van der Waals surface area contributed by atoms with Gasteiger partial charge in [0, 0.05) is 99.1 Å². The van der Waals surface area contributed by atoms with Crippen molar-refractivity contribution in [2.75, 3.05) is 42.6 Å². The van der Waals surface area contributed by atoms with Gasteiger partial charge in [0.1, 0.15) is 5.82 Å². The lowest BCUT2D eigenvalue weighted by molar-refractivity contribution is 0.158. The van der Waals surface area contributed by atoms with Crippen molar-refractivity contribution in [3.63, 3.8) is 0 Å². The summed E-state index contributed by atoms with van der Waals surface area (Å²) >= 11 is 0. The van der Waals surface area contributed by atoms with E-state index >= 15 is 4.39 Å². The van der Waals surface area contributed by atoms with Crippen LogP contribution >= 0.6 is 0 Å². The smallest absolute Gasteiger partial charge is 0.193 e. The van der Waals surface area contributed by atoms with Crippen LogP contribution in [0.15, 0.2) is 66.0 Å². The molecule has 5 heterocycles. The summed E-state index contributed by atoms with van der Waals surface area (Å²) in [6.07, 6.45) is 12.7. The zero-order chi connectivity index (χ0) is 30.2. The standard InChI is InChI=1S/C35H41FN6O2/c1-24-14-25(8-11-38-24)18-41(30-5-3-12-39(22-30)29-4-2-10-37-17-29)20-27-21-42(28-6-7-28)33-16-34(32(36)15-31(33)35(27)44)40-13-9-26(19-40)23-43/h2,4,8,10-11,14-17,21,26,28,30,43H,3,5-7,9,12-13,18-20,22-23H2,1H3/t26?,30-/m0/s1. The normalized spacial score (nSPS) is 20.6. The molecular formula is C35H41FN6O2. The molecule has 1 aromatic carbocycles. The number of anilines is 2. The Balaban J connectivity index is 1.25. The quantitative estimate of drug-likeness (QED) is 0.289. The van der Waals surface area contributed by atoms with Crippen LogP contribution in [0.2, 0.25) is 0 Å². The van der Waals surface area contributed by atoms with Crippen LogP contribution in [0.4, 0.5) is 15.8 Å². The van der Waals surface area contributed by atoms with Crippen LogP contribution in [0.3, 0.4) is 0 Å². The first-order valence-electron chi connectivity index (χ1n) is 16.0. The van der Waals surface area contributed by atoms with Gasteiger partial charge in [0.25, 0.3) is 0 Å². The van der Waals surface area contributed by atoms with Gasteiger partial charge in [-0.15, -0.1) is 0 Å². The molecule has 2 aliphatic heterocycles. The number of hydrogen-bond acceptors (Lipinski definition) is 7. The Morgan fingerprint density at radius 3 is 2.66 bits per heavy atom. The van der Waals surface area contributed by atoms with Crippen molar-refractivity contribution < 1.29 is 9.50 Å². The number of aromatic nitrogens is 3. The van der Waals surface area contributed by atoms with Crippen molar-refractivity contribution in [1.82, 2.24) is 19.4 Å². The summed E-state index contributed by atoms with van der Waals surface area (Å²) in [5.74, 6) is -0.210. The fourth-order valence-electron chi connectivity index (χ4n) is 7.12. The molecule has 1 aliphatic carbocycles. The van der Waals surface area contributed by atoms with Crippen LogP contribution in [0.1, 0.15) is 55.0 Å². The van der Waals surface area contributed by atoms with Crippen molar-refractivity contribution in [1.29, 1.82) is 0 Å². The largest absolute Gasteiger partial charge is 0.396 e. The highest BCUT2D eigenvalue weighted by atomic mass is 19.1. The van der Waals surface area contributed by atoms with Crippen molar-refractivity contribution in [3.8, 4) is 0 Å². The Hall–Kier alpha value is -3.82. The van der Waals surface area contributed by atoms with Gasteiger partial charge in [0.2, 0.25) is 0 Å². The van der Waals surface area contributed by atoms with Crippen LogP contribution in [0.25, 0.3) is 10.9 Å². The number of aliphatic hydroxyl groups excluding tert-OH is 1. The predicted molar refractivity (Wildman–Crippen MR) is 172 cm³/mol. The van der Waals surface area contributed by atoms with Gasteiger partial charge >= 0.3 is 0 Å². The van der Waals surface area contributed by atoms with E-state index < -0.39 is 0 Å². The van der Waals surface area contributed by atoms with E-state index in [2.05, 4.69) is 48.7 Å². The minimum atomic E-state index is -0.365. The third kappa shape index (κ3) is 5.95. The number of hydrogen-bond donors (Lipinski definition) is 1. The molecule has 3 aliphatic rings. The number of nitrogens with zero attached hydrogens (tertiary/aromatic N) is 6. The highest BCUT2D eigenvalue weighted by molar-refractivity contribution is 5.84. The minimum absolute atomic E-state index is 0.0900. The molecule has 0 spiro atoms. The number of rotatable bonds is 9. The van der Waals surface area contributed by atoms with Crippen LogP contribution in [0, 0.1) is 18.7 Å². The molecule has 3 fully saturated rings. The van der Waals surface area contributed by atoms with Crippen molar-refractivity contribution >= 4 is 22.3 Å². The summed E-state index contributed by atoms with van der Waals surface area (Å²) in [6.45, 7) is 6.47. The van der Waals surface area contributed by atoms with Gasteiger partial charge in [-0.3, -0.25) is 19.7 Å². The Labute approximate surface area is 257 Å². The van der Waals surface area contributed by atoms with Crippen LogP contribution in [-0.2, 0) is 13.1 Å². The zero-order valence-electron chi connectivity index (χ0n) is 25.4. The third-order valence-electron chi connectivity index (χ3n) is 9.64. The summed E-state index contributed by atoms with van der Waals surface area (Å²) in [5.41, 5.74) is 5.22. The Morgan fingerprint density at radius 2 is 1.91 bits per heavy atom. The predicted octanol–water partition coefficient (Wildman–Crippen LogP) is 5.06. The summed E-state index contributed by atoms with van der Waals surface area (Å²) in [6, 6.07) is 12.2. The maximum absolute atomic E-state index is 15.7. The van der Waals surface area contributed by atoms with Crippen molar-refractivity contribution in [3.05, 3.63) is 94.0 Å². The number of aliphatic hydroxyl groups is 1. The molecular weight excluding hydrogens is 555 g/mol. The number of aryl methyl sites for hydroxylation is 1. The van der Waals surface area contributed by atoms with Gasteiger partial charge in [-0.05, 0) is 81.0 Å². The first kappa shape index (κ1) is 28.9. The monoisotopic (exact) mass is 596 g/mol. The first-order valence-corrected chi connectivity index (χ1v) is 16.0. The second-order valence-corrected chi connectivity index (χ2v) is 12.9. The van der Waals surface area contributed by atoms with Gasteiger partial charge in [0.05, 0.1) is 23.1 Å². The number of piperidine rings is 1. The summed E-state index contributed by atoms with van der Waals surface area (Å²) in [7, 11) is 0. The molecule has 4 aromatic rings. The Morgan fingerprint density at radius 1 is 1.02 bits per heavy atom. The maximum Gasteiger partial charge on any atom is 0.193 e. The van der Waals surface area contributed by atoms with Crippen LogP contribution in [0.5, 0.6) is 0 Å². The van der Waals surface area contributed by atoms with E-state index in [1.165, 1.54) is 11.6 Å². The van der Waals surface area contributed by atoms with Crippen LogP contribution in [-0.4, -0.2) is 63.4 Å². The zero-order valence-corrected chi connectivity index (χ0v) is 25.4. The van der Waals surface area contributed by atoms with E-state index in [4.69, 9.17) is 0 Å². The van der Waals surface area contributed by atoms with E-state index in [0.717, 1.165) is 62.1 Å². The molecule has 0 amide bonds. The Kier molecular flexibility index (Phi) is 8.08. The van der Waals surface area contributed by atoms with E-state index in [9.17, 15) is 9.90 Å². The molecule has 8 nitrogen and oxygen atoms in total. The van der Waals surface area contributed by atoms with Gasteiger partial charge in [-0.2, -0.15) is 0 Å². The van der Waals surface area contributed by atoms with E-state index in [0.29, 0.717) is 48.9 Å². The summed E-state index contributed by atoms with van der Waals surface area (Å²) in [5, 5.41) is 10.1. The average molecular weight is 597 g/mol. The van der Waals surface area contributed by atoms with E-state index in [-0.39, 0.29) is 29.8 Å². The van der Waals surface area contributed by atoms with Gasteiger partial charge in [-0.1, -0.05) is 0 Å². The molecule has 9 heteroatoms. The van der Waals surface area contributed by atoms with Crippen molar-refractivity contribution in [2.45, 2.75) is 64.2 Å². The second-order valence-electron chi connectivity index (χ2n) is 12.9. The molecule has 3 aromatic heterocycles. The average Bonchev–Trinajstić information content (AvgIpc) is 3.78. The summed E-state index contributed by atoms with van der Waals surface area (Å²) < 4.78 is 17.9. The molecule has 0 radical (unpaired) electrons. The SMILES string of the molecule is Cc1cc(CN(Cc2cn(C3CC3)c3cc(N4CCC(CO)C4)c(F)cc3c2=O)[C@H]2CCCN(c3cccnc3)C2)ccn1. The molecule has 1 unspecified atom stereocenters. The molecule has 44 heavy (non-hydrogen) atoms. The fourth-order valence-corrected chi connectivity index (χ4v) is 7.12. The lowest BCUT2D eigenvalue weighted by atomic mass is 10.0. The first-order chi connectivity index (χ1) is 21.5. The molecule has 0 bridgehead atoms. The molecule has 7 rings (SSSR count). The number of halogens is 1. The lowest BCUT2D eigenvalue weighted by Gasteiger charge is -2.40. The van der Waals surface area contributed by atoms with Gasteiger partial charge in [0.15, 0.2) is 5.43 Å². The number of fused-ring (bicyclic) bond motifs is 1. The number of pyridine rings is 3. The molecule has 230 valence electrons. The van der Waals surface area contributed by atoms with Gasteiger partial charge < -0.3 is 19.5 Å². The lowest BCUT2D eigenvalue weighted by Crippen LogP contribution is -2.48. The topological polar surface area (TPSA) is 77.7 Å². The molecule has 2 saturated heterocycles. The molecule has 2 atom stereocenters. The van der Waals surface area contributed by atoms with Gasteiger partial charge in [-0.25, -0.2) is 4.39 Å². The number of benzene rings is 1.